The average molecular weight is 393 g/mol. The topological polar surface area (TPSA) is 134 Å². The molecule has 0 aliphatic rings. The minimum Gasteiger partial charge on any atom is -0.493 e. The second kappa shape index (κ2) is 9.63. The summed E-state index contributed by atoms with van der Waals surface area (Å²) in [5.74, 6) is 0.197. The van der Waals surface area contributed by atoms with Gasteiger partial charge in [0.1, 0.15) is 5.75 Å². The first-order valence-electron chi connectivity index (χ1n) is 8.28. The number of anilines is 2. The Morgan fingerprint density at radius 3 is 2.70 bits per heavy atom. The highest BCUT2D eigenvalue weighted by Gasteiger charge is 2.11. The van der Waals surface area contributed by atoms with Gasteiger partial charge >= 0.3 is 5.97 Å². The summed E-state index contributed by atoms with van der Waals surface area (Å²) in [7, 11) is 0. The fourth-order valence-electron chi connectivity index (χ4n) is 2.28. The van der Waals surface area contributed by atoms with Crippen LogP contribution in [0, 0.1) is 0 Å². The van der Waals surface area contributed by atoms with Gasteiger partial charge in [-0.3, -0.25) is 0 Å². The number of hydrogen-bond donors (Lipinski definition) is 3. The lowest BCUT2D eigenvalue weighted by Crippen LogP contribution is -2.11. The van der Waals surface area contributed by atoms with Crippen molar-refractivity contribution in [1.82, 2.24) is 9.97 Å². The summed E-state index contributed by atoms with van der Waals surface area (Å²) >= 11 is 5.98. The number of carboxylic acids is 1. The van der Waals surface area contributed by atoms with Gasteiger partial charge in [0, 0.05) is 23.1 Å². The summed E-state index contributed by atoms with van der Waals surface area (Å²) in [6, 6.07) is 4.98. The Labute approximate surface area is 161 Å². The van der Waals surface area contributed by atoms with E-state index in [1.807, 2.05) is 6.92 Å². The molecule has 0 fully saturated rings. The molecule has 5 N–H and O–H groups in total. The van der Waals surface area contributed by atoms with E-state index < -0.39 is 5.97 Å². The van der Waals surface area contributed by atoms with Gasteiger partial charge < -0.3 is 26.0 Å². The van der Waals surface area contributed by atoms with Crippen molar-refractivity contribution in [2.24, 2.45) is 0 Å². The van der Waals surface area contributed by atoms with Crippen molar-refractivity contribution < 1.29 is 19.4 Å². The maximum Gasteiger partial charge on any atom is 0.328 e. The van der Waals surface area contributed by atoms with Gasteiger partial charge in [0.25, 0.3) is 0 Å². The molecule has 0 unspecified atom stereocenters. The normalized spacial score (nSPS) is 10.9. The molecule has 27 heavy (non-hydrogen) atoms. The van der Waals surface area contributed by atoms with E-state index in [-0.39, 0.29) is 11.8 Å². The van der Waals surface area contributed by atoms with E-state index in [1.54, 1.807) is 18.2 Å². The number of carboxylic acid groups (broad SMARTS) is 1. The third kappa shape index (κ3) is 6.03. The molecule has 0 aliphatic heterocycles. The Kier molecular flexibility index (Phi) is 7.25. The number of benzene rings is 1. The van der Waals surface area contributed by atoms with E-state index in [0.717, 1.165) is 6.08 Å². The van der Waals surface area contributed by atoms with E-state index in [2.05, 4.69) is 9.97 Å². The average Bonchev–Trinajstić information content (AvgIpc) is 2.61. The zero-order valence-corrected chi connectivity index (χ0v) is 15.6. The highest BCUT2D eigenvalue weighted by Crippen LogP contribution is 2.26. The quantitative estimate of drug-likeness (QED) is 0.438. The molecule has 8 nitrogen and oxygen atoms in total. The van der Waals surface area contributed by atoms with Crippen molar-refractivity contribution in [1.29, 1.82) is 0 Å². The van der Waals surface area contributed by atoms with Crippen LogP contribution in [0.2, 0.25) is 5.02 Å². The van der Waals surface area contributed by atoms with E-state index in [4.69, 9.17) is 37.6 Å². The number of carbonyl (C=O) groups is 1. The molecule has 9 heteroatoms. The van der Waals surface area contributed by atoms with Crippen molar-refractivity contribution >= 4 is 35.4 Å². The van der Waals surface area contributed by atoms with Crippen LogP contribution in [0.4, 0.5) is 11.8 Å². The zero-order valence-electron chi connectivity index (χ0n) is 14.8. The largest absolute Gasteiger partial charge is 0.493 e. The minimum atomic E-state index is -1.04. The van der Waals surface area contributed by atoms with Gasteiger partial charge in [0.05, 0.1) is 18.9 Å². The van der Waals surface area contributed by atoms with E-state index >= 15 is 0 Å². The summed E-state index contributed by atoms with van der Waals surface area (Å²) in [4.78, 5) is 18.7. The molecule has 0 aliphatic carbocycles. The third-order valence-corrected chi connectivity index (χ3v) is 3.72. The molecule has 0 radical (unpaired) electrons. The number of ether oxygens (including phenoxy) is 2. The standard InChI is InChI=1S/C18H21ClN4O4/c1-2-13-16(17(20)23-18(21)22-13)27-9-3-8-26-14-10-12(19)6-4-11(14)5-7-15(24)25/h4-7,10H,2-3,8-9H2,1H3,(H,24,25)(H4,20,21,22,23)/b7-5+. The lowest BCUT2D eigenvalue weighted by Gasteiger charge is -2.13. The fraction of sp³-hybridized carbons (Fsp3) is 0.278. The van der Waals surface area contributed by atoms with Crippen LogP contribution in [-0.4, -0.2) is 34.3 Å². The van der Waals surface area contributed by atoms with Crippen LogP contribution in [0.5, 0.6) is 11.5 Å². The lowest BCUT2D eigenvalue weighted by atomic mass is 10.2. The Morgan fingerprint density at radius 2 is 2.00 bits per heavy atom. The van der Waals surface area contributed by atoms with E-state index in [9.17, 15) is 4.79 Å². The Hall–Kier alpha value is -3.00. The molecule has 0 saturated carbocycles. The molecule has 0 bridgehead atoms. The smallest absolute Gasteiger partial charge is 0.328 e. The lowest BCUT2D eigenvalue weighted by molar-refractivity contribution is -0.131. The van der Waals surface area contributed by atoms with Gasteiger partial charge in [0.2, 0.25) is 5.95 Å². The van der Waals surface area contributed by atoms with Gasteiger partial charge in [-0.15, -0.1) is 0 Å². The maximum absolute atomic E-state index is 10.7. The molecule has 0 atom stereocenters. The molecule has 0 amide bonds. The van der Waals surface area contributed by atoms with Crippen LogP contribution >= 0.6 is 11.6 Å². The van der Waals surface area contributed by atoms with Crippen LogP contribution < -0.4 is 20.9 Å². The highest BCUT2D eigenvalue weighted by molar-refractivity contribution is 6.30. The van der Waals surface area contributed by atoms with Gasteiger partial charge in [-0.05, 0) is 30.7 Å². The molecule has 0 saturated heterocycles. The zero-order chi connectivity index (χ0) is 19.8. The number of nitrogen functional groups attached to an aromatic ring is 2. The molecular formula is C18H21ClN4O4. The number of hydrogen-bond acceptors (Lipinski definition) is 7. The molecule has 1 heterocycles. The number of aryl methyl sites for hydroxylation is 1. The van der Waals surface area contributed by atoms with E-state index in [0.29, 0.717) is 53.8 Å². The van der Waals surface area contributed by atoms with Crippen molar-refractivity contribution in [2.45, 2.75) is 19.8 Å². The molecule has 144 valence electrons. The first-order chi connectivity index (χ1) is 12.9. The van der Waals surface area contributed by atoms with Gasteiger partial charge in [-0.2, -0.15) is 4.98 Å². The van der Waals surface area contributed by atoms with Gasteiger partial charge in [-0.1, -0.05) is 18.5 Å². The van der Waals surface area contributed by atoms with Crippen LogP contribution in [-0.2, 0) is 11.2 Å². The summed E-state index contributed by atoms with van der Waals surface area (Å²) in [5, 5.41) is 9.25. The predicted octanol–water partition coefficient (Wildman–Crippen LogP) is 2.80. The first kappa shape index (κ1) is 20.3. The van der Waals surface area contributed by atoms with Gasteiger partial charge in [0.15, 0.2) is 11.6 Å². The Morgan fingerprint density at radius 1 is 1.26 bits per heavy atom. The second-order valence-electron chi connectivity index (χ2n) is 5.50. The number of aromatic nitrogens is 2. The molecule has 1 aromatic carbocycles. The molecule has 2 aromatic rings. The van der Waals surface area contributed by atoms with Crippen molar-refractivity contribution in [2.75, 3.05) is 24.7 Å². The molecule has 1 aromatic heterocycles. The third-order valence-electron chi connectivity index (χ3n) is 3.49. The minimum absolute atomic E-state index is 0.114. The number of nitrogens with two attached hydrogens (primary N) is 2. The van der Waals surface area contributed by atoms with Crippen LogP contribution in [0.3, 0.4) is 0 Å². The van der Waals surface area contributed by atoms with Crippen molar-refractivity contribution in [3.63, 3.8) is 0 Å². The summed E-state index contributed by atoms with van der Waals surface area (Å²) in [6.07, 6.45) is 3.66. The Balaban J connectivity index is 1.93. The maximum atomic E-state index is 10.7. The SMILES string of the molecule is CCc1nc(N)nc(N)c1OCCCOc1cc(Cl)ccc1/C=C/C(=O)O. The molecular weight excluding hydrogens is 372 g/mol. The Bertz CT molecular complexity index is 842. The second-order valence-corrected chi connectivity index (χ2v) is 5.94. The van der Waals surface area contributed by atoms with Crippen molar-refractivity contribution in [3.8, 4) is 11.5 Å². The summed E-state index contributed by atoms with van der Waals surface area (Å²) in [6.45, 7) is 2.60. The monoisotopic (exact) mass is 392 g/mol. The predicted molar refractivity (Wildman–Crippen MR) is 104 cm³/mol. The number of aliphatic carboxylic acids is 1. The highest BCUT2D eigenvalue weighted by atomic mass is 35.5. The first-order valence-corrected chi connectivity index (χ1v) is 8.66. The van der Waals surface area contributed by atoms with Crippen LogP contribution in [0.15, 0.2) is 24.3 Å². The number of nitrogens with zero attached hydrogens (tertiary/aromatic N) is 2. The molecule has 0 spiro atoms. The summed E-state index contributed by atoms with van der Waals surface area (Å²) < 4.78 is 11.4. The van der Waals surface area contributed by atoms with Crippen LogP contribution in [0.1, 0.15) is 24.6 Å². The van der Waals surface area contributed by atoms with Crippen molar-refractivity contribution in [3.05, 3.63) is 40.6 Å². The van der Waals surface area contributed by atoms with Gasteiger partial charge in [-0.25, -0.2) is 9.78 Å². The van der Waals surface area contributed by atoms with E-state index in [1.165, 1.54) is 6.08 Å². The van der Waals surface area contributed by atoms with Crippen LogP contribution in [0.25, 0.3) is 6.08 Å². The molecule has 2 rings (SSSR count). The fourth-order valence-corrected chi connectivity index (χ4v) is 2.44. The number of halogens is 1. The number of rotatable bonds is 9. The summed E-state index contributed by atoms with van der Waals surface area (Å²) in [5.41, 5.74) is 12.7.